The molecule has 2 rings (SSSR count). The van der Waals surface area contributed by atoms with E-state index in [1.807, 2.05) is 0 Å². The monoisotopic (exact) mass is 327 g/mol. The number of aliphatic carboxylic acids is 1. The Hall–Kier alpha value is -1.56. The molecular weight excluding hydrogens is 314 g/mol. The minimum absolute atomic E-state index is 0.193. The van der Waals surface area contributed by atoms with Gasteiger partial charge >= 0.3 is 5.97 Å². The smallest absolute Gasteiger partial charge is 0.308 e. The molecule has 1 aromatic carbocycles. The number of carboxylic acids is 1. The fourth-order valence-corrected chi connectivity index (χ4v) is 2.53. The minimum Gasteiger partial charge on any atom is -0.496 e. The zero-order chi connectivity index (χ0) is 14.0. The molecule has 0 spiro atoms. The molecule has 0 aromatic heterocycles. The Bertz CT molecular complexity index is 517. The van der Waals surface area contributed by atoms with Gasteiger partial charge in [0, 0.05) is 17.6 Å². The van der Waals surface area contributed by atoms with E-state index in [2.05, 4.69) is 15.9 Å². The molecule has 0 saturated carbocycles. The quantitative estimate of drug-likeness (QED) is 0.922. The van der Waals surface area contributed by atoms with E-state index in [1.165, 1.54) is 7.11 Å². The van der Waals surface area contributed by atoms with Gasteiger partial charge in [0.05, 0.1) is 18.6 Å². The van der Waals surface area contributed by atoms with Crippen LogP contribution in [0.15, 0.2) is 22.7 Å². The van der Waals surface area contributed by atoms with Crippen molar-refractivity contribution in [3.05, 3.63) is 28.2 Å². The highest BCUT2D eigenvalue weighted by atomic mass is 79.9. The number of methoxy groups -OCH3 is 1. The molecule has 0 bridgehead atoms. The lowest BCUT2D eigenvalue weighted by Gasteiger charge is -2.17. The summed E-state index contributed by atoms with van der Waals surface area (Å²) in [6.45, 7) is 0.718. The summed E-state index contributed by atoms with van der Waals surface area (Å²) in [5.41, 5.74) is 0.447. The first-order valence-corrected chi connectivity index (χ1v) is 6.68. The van der Waals surface area contributed by atoms with Crippen molar-refractivity contribution in [1.82, 2.24) is 4.90 Å². The van der Waals surface area contributed by atoms with Gasteiger partial charge in [-0.3, -0.25) is 9.59 Å². The van der Waals surface area contributed by atoms with E-state index >= 15 is 0 Å². The largest absolute Gasteiger partial charge is 0.496 e. The van der Waals surface area contributed by atoms with Crippen LogP contribution in [0.4, 0.5) is 0 Å². The van der Waals surface area contributed by atoms with Crippen molar-refractivity contribution >= 4 is 27.8 Å². The maximum atomic E-state index is 12.4. The van der Waals surface area contributed by atoms with Crippen molar-refractivity contribution in [3.63, 3.8) is 0 Å². The highest BCUT2D eigenvalue weighted by Gasteiger charge is 2.32. The normalized spacial score (nSPS) is 18.4. The van der Waals surface area contributed by atoms with E-state index in [-0.39, 0.29) is 12.5 Å². The average Bonchev–Trinajstić information content (AvgIpc) is 2.87. The van der Waals surface area contributed by atoms with Crippen LogP contribution >= 0.6 is 15.9 Å². The van der Waals surface area contributed by atoms with Crippen LogP contribution in [0.2, 0.25) is 0 Å². The van der Waals surface area contributed by atoms with E-state index in [0.29, 0.717) is 24.3 Å². The van der Waals surface area contributed by atoms with Crippen LogP contribution in [-0.4, -0.2) is 42.1 Å². The Balaban J connectivity index is 2.21. The highest BCUT2D eigenvalue weighted by molar-refractivity contribution is 9.10. The lowest BCUT2D eigenvalue weighted by atomic mass is 10.1. The molecular formula is C13H14BrNO4. The van der Waals surface area contributed by atoms with Gasteiger partial charge in [-0.2, -0.15) is 0 Å². The zero-order valence-corrected chi connectivity index (χ0v) is 12.0. The molecule has 1 heterocycles. The van der Waals surface area contributed by atoms with E-state index in [1.54, 1.807) is 23.1 Å². The maximum Gasteiger partial charge on any atom is 0.308 e. The molecule has 1 aliphatic heterocycles. The van der Waals surface area contributed by atoms with E-state index in [4.69, 9.17) is 9.84 Å². The summed E-state index contributed by atoms with van der Waals surface area (Å²) < 4.78 is 5.95. The van der Waals surface area contributed by atoms with Gasteiger partial charge in [0.25, 0.3) is 5.91 Å². The number of nitrogens with zero attached hydrogens (tertiary/aromatic N) is 1. The molecule has 1 amide bonds. The molecule has 1 fully saturated rings. The average molecular weight is 328 g/mol. The van der Waals surface area contributed by atoms with Gasteiger partial charge < -0.3 is 14.7 Å². The molecule has 1 unspecified atom stereocenters. The van der Waals surface area contributed by atoms with Gasteiger partial charge in [0.1, 0.15) is 5.75 Å². The number of benzene rings is 1. The van der Waals surface area contributed by atoms with E-state index < -0.39 is 11.9 Å². The van der Waals surface area contributed by atoms with E-state index in [9.17, 15) is 9.59 Å². The number of rotatable bonds is 3. The van der Waals surface area contributed by atoms with Crippen molar-refractivity contribution < 1.29 is 19.4 Å². The molecule has 1 aliphatic rings. The third kappa shape index (κ3) is 2.89. The zero-order valence-electron chi connectivity index (χ0n) is 10.4. The standard InChI is InChI=1S/C13H14BrNO4/c1-19-11-3-2-9(14)6-10(11)12(16)15-5-4-8(7-15)13(17)18/h2-3,6,8H,4-5,7H2,1H3,(H,17,18). The van der Waals surface area contributed by atoms with Gasteiger partial charge in [-0.1, -0.05) is 15.9 Å². The molecule has 6 heteroatoms. The number of carbonyl (C=O) groups excluding carboxylic acids is 1. The first-order valence-electron chi connectivity index (χ1n) is 5.88. The fourth-order valence-electron chi connectivity index (χ4n) is 2.16. The Kier molecular flexibility index (Phi) is 4.09. The molecule has 0 radical (unpaired) electrons. The number of ether oxygens (including phenoxy) is 1. The predicted octanol–water partition coefficient (Wildman–Crippen LogP) is 2.00. The molecule has 19 heavy (non-hydrogen) atoms. The number of carbonyl (C=O) groups is 2. The summed E-state index contributed by atoms with van der Waals surface area (Å²) >= 11 is 3.32. The summed E-state index contributed by atoms with van der Waals surface area (Å²) in [6, 6.07) is 5.19. The van der Waals surface area contributed by atoms with Gasteiger partial charge in [-0.25, -0.2) is 0 Å². The summed E-state index contributed by atoms with van der Waals surface area (Å²) in [4.78, 5) is 24.9. The number of hydrogen-bond acceptors (Lipinski definition) is 3. The minimum atomic E-state index is -0.850. The van der Waals surface area contributed by atoms with E-state index in [0.717, 1.165) is 4.47 Å². The van der Waals surface area contributed by atoms with Crippen molar-refractivity contribution in [3.8, 4) is 5.75 Å². The van der Waals surface area contributed by atoms with Crippen molar-refractivity contribution in [2.45, 2.75) is 6.42 Å². The molecule has 0 aliphatic carbocycles. The lowest BCUT2D eigenvalue weighted by Crippen LogP contribution is -2.30. The van der Waals surface area contributed by atoms with Crippen LogP contribution in [0.25, 0.3) is 0 Å². The van der Waals surface area contributed by atoms with Crippen LogP contribution < -0.4 is 4.74 Å². The summed E-state index contributed by atoms with van der Waals surface area (Å²) in [5.74, 6) is -1.02. The Morgan fingerprint density at radius 1 is 1.47 bits per heavy atom. The van der Waals surface area contributed by atoms with Crippen molar-refractivity contribution in [2.75, 3.05) is 20.2 Å². The number of likely N-dealkylation sites (tertiary alicyclic amines) is 1. The van der Waals surface area contributed by atoms with Crippen molar-refractivity contribution in [2.24, 2.45) is 5.92 Å². The number of hydrogen-bond donors (Lipinski definition) is 1. The Morgan fingerprint density at radius 3 is 2.79 bits per heavy atom. The third-order valence-electron chi connectivity index (χ3n) is 3.22. The lowest BCUT2D eigenvalue weighted by molar-refractivity contribution is -0.141. The van der Waals surface area contributed by atoms with Gasteiger partial charge in [0.15, 0.2) is 0 Å². The third-order valence-corrected chi connectivity index (χ3v) is 3.71. The summed E-state index contributed by atoms with van der Waals surface area (Å²) in [7, 11) is 1.50. The molecule has 1 aromatic rings. The topological polar surface area (TPSA) is 66.8 Å². The molecule has 1 atom stereocenters. The van der Waals surface area contributed by atoms with Gasteiger partial charge in [-0.05, 0) is 24.6 Å². The second kappa shape index (κ2) is 5.61. The molecule has 1 N–H and O–H groups in total. The van der Waals surface area contributed by atoms with Crippen LogP contribution in [0.3, 0.4) is 0 Å². The second-order valence-corrected chi connectivity index (χ2v) is 5.34. The number of amides is 1. The SMILES string of the molecule is COc1ccc(Br)cc1C(=O)N1CCC(C(=O)O)C1. The van der Waals surface area contributed by atoms with Crippen molar-refractivity contribution in [1.29, 1.82) is 0 Å². The summed E-state index contributed by atoms with van der Waals surface area (Å²) in [5, 5.41) is 8.96. The number of halogens is 1. The van der Waals surface area contributed by atoms with Gasteiger partial charge in [-0.15, -0.1) is 0 Å². The maximum absolute atomic E-state index is 12.4. The van der Waals surface area contributed by atoms with Crippen LogP contribution in [0.5, 0.6) is 5.75 Å². The summed E-state index contributed by atoms with van der Waals surface area (Å²) in [6.07, 6.45) is 0.497. The Labute approximate surface area is 119 Å². The van der Waals surface area contributed by atoms with Crippen LogP contribution in [-0.2, 0) is 4.79 Å². The highest BCUT2D eigenvalue weighted by Crippen LogP contribution is 2.26. The number of carboxylic acid groups (broad SMARTS) is 1. The van der Waals surface area contributed by atoms with Crippen LogP contribution in [0, 0.1) is 5.92 Å². The predicted molar refractivity (Wildman–Crippen MR) is 72.3 cm³/mol. The molecule has 1 saturated heterocycles. The first-order chi connectivity index (χ1) is 9.02. The Morgan fingerprint density at radius 2 is 2.21 bits per heavy atom. The second-order valence-electron chi connectivity index (χ2n) is 4.42. The van der Waals surface area contributed by atoms with Gasteiger partial charge in [0.2, 0.25) is 0 Å². The first kappa shape index (κ1) is 13.9. The molecule has 102 valence electrons. The fraction of sp³-hybridized carbons (Fsp3) is 0.385. The molecule has 5 nitrogen and oxygen atoms in total. The van der Waals surface area contributed by atoms with Crippen LogP contribution in [0.1, 0.15) is 16.8 Å².